The molecule has 0 aliphatic rings. The second kappa shape index (κ2) is 4.63. The van der Waals surface area contributed by atoms with Gasteiger partial charge >= 0.3 is 0 Å². The van der Waals surface area contributed by atoms with E-state index in [9.17, 15) is 0 Å². The van der Waals surface area contributed by atoms with Crippen molar-refractivity contribution in [3.05, 3.63) is 31.7 Å². The monoisotopic (exact) mass is 109 g/mol. The molecular weight excluding hydrogens is 96.1 g/mol. The van der Waals surface area contributed by atoms with Crippen molar-refractivity contribution in [2.45, 2.75) is 13.3 Å². The van der Waals surface area contributed by atoms with Crippen molar-refractivity contribution in [3.63, 3.8) is 0 Å². The Morgan fingerprint density at radius 1 is 1.50 bits per heavy atom. The quantitative estimate of drug-likeness (QED) is 0.487. The summed E-state index contributed by atoms with van der Waals surface area (Å²) in [6.45, 7) is 9.40. The van der Waals surface area contributed by atoms with Crippen LogP contribution in [0.2, 0.25) is 0 Å². The molecule has 0 spiro atoms. The van der Waals surface area contributed by atoms with Crippen LogP contribution in [0.25, 0.3) is 0 Å². The van der Waals surface area contributed by atoms with E-state index in [4.69, 9.17) is 0 Å². The molecule has 0 aromatic heterocycles. The average molecular weight is 109 g/mol. The lowest BCUT2D eigenvalue weighted by molar-refractivity contribution is 0.740. The second-order valence-electron chi connectivity index (χ2n) is 1.74. The summed E-state index contributed by atoms with van der Waals surface area (Å²) >= 11 is 0. The molecule has 0 heterocycles. The Morgan fingerprint density at radius 2 is 2.12 bits per heavy atom. The third-order valence-corrected chi connectivity index (χ3v) is 1.16. The minimum Gasteiger partial charge on any atom is -0.103 e. The average Bonchev–Trinajstić information content (AvgIpc) is 1.83. The molecule has 1 atom stereocenters. The van der Waals surface area contributed by atoms with Gasteiger partial charge in [0.15, 0.2) is 0 Å². The van der Waals surface area contributed by atoms with Crippen LogP contribution in [0, 0.1) is 12.3 Å². The predicted octanol–water partition coefficient (Wildman–Crippen LogP) is 2.59. The summed E-state index contributed by atoms with van der Waals surface area (Å²) in [5.41, 5.74) is 0. The van der Waals surface area contributed by atoms with Gasteiger partial charge in [-0.3, -0.25) is 0 Å². The third-order valence-electron chi connectivity index (χ3n) is 1.16. The van der Waals surface area contributed by atoms with Gasteiger partial charge in [0.2, 0.25) is 0 Å². The topological polar surface area (TPSA) is 0 Å². The van der Waals surface area contributed by atoms with Crippen LogP contribution < -0.4 is 0 Å². The van der Waals surface area contributed by atoms with Gasteiger partial charge in [0, 0.05) is 0 Å². The molecule has 1 unspecified atom stereocenters. The van der Waals surface area contributed by atoms with Crippen molar-refractivity contribution < 1.29 is 0 Å². The van der Waals surface area contributed by atoms with Crippen molar-refractivity contribution in [2.24, 2.45) is 5.92 Å². The molecule has 0 amide bonds. The fourth-order valence-corrected chi connectivity index (χ4v) is 0.556. The van der Waals surface area contributed by atoms with Crippen LogP contribution in [-0.4, -0.2) is 0 Å². The van der Waals surface area contributed by atoms with E-state index in [1.165, 1.54) is 0 Å². The maximum absolute atomic E-state index is 3.67. The standard InChI is InChI=1S/C8H13/c1-4-7-8(5-2)6-3/h4-5,7-8H,1-2,6H2,3H3. The highest BCUT2D eigenvalue weighted by molar-refractivity contribution is 4.98. The molecule has 8 heavy (non-hydrogen) atoms. The molecular formula is C8H13. The van der Waals surface area contributed by atoms with Crippen molar-refractivity contribution in [3.8, 4) is 0 Å². The Labute approximate surface area is 51.9 Å². The zero-order chi connectivity index (χ0) is 6.41. The summed E-state index contributed by atoms with van der Waals surface area (Å²) < 4.78 is 0. The second-order valence-corrected chi connectivity index (χ2v) is 1.74. The maximum atomic E-state index is 3.67. The molecule has 0 aromatic carbocycles. The van der Waals surface area contributed by atoms with Gasteiger partial charge in [0.25, 0.3) is 0 Å². The largest absolute Gasteiger partial charge is 0.103 e. The molecule has 0 aliphatic carbocycles. The normalized spacial score (nSPS) is 12.6. The molecule has 0 bridgehead atoms. The molecule has 0 aliphatic heterocycles. The first-order valence-corrected chi connectivity index (χ1v) is 2.93. The van der Waals surface area contributed by atoms with Gasteiger partial charge in [-0.2, -0.15) is 0 Å². The Bertz CT molecular complexity index is 72.1. The van der Waals surface area contributed by atoms with Crippen LogP contribution >= 0.6 is 0 Å². The van der Waals surface area contributed by atoms with Crippen LogP contribution in [0.5, 0.6) is 0 Å². The molecule has 0 nitrogen and oxygen atoms in total. The van der Waals surface area contributed by atoms with Gasteiger partial charge in [0.1, 0.15) is 0 Å². The molecule has 1 radical (unpaired) electrons. The Kier molecular flexibility index (Phi) is 4.33. The van der Waals surface area contributed by atoms with E-state index >= 15 is 0 Å². The molecule has 0 heteroatoms. The van der Waals surface area contributed by atoms with E-state index in [0.717, 1.165) is 6.42 Å². The number of hydrogen-bond acceptors (Lipinski definition) is 0. The summed E-state index contributed by atoms with van der Waals surface area (Å²) in [6.07, 6.45) is 6.92. The van der Waals surface area contributed by atoms with Gasteiger partial charge in [-0.1, -0.05) is 19.1 Å². The molecule has 45 valence electrons. The summed E-state index contributed by atoms with van der Waals surface area (Å²) in [4.78, 5) is 0. The van der Waals surface area contributed by atoms with E-state index in [1.807, 2.05) is 18.6 Å². The summed E-state index contributed by atoms with van der Waals surface area (Å²) in [5, 5.41) is 0. The van der Waals surface area contributed by atoms with Gasteiger partial charge in [-0.05, 0) is 18.8 Å². The lowest BCUT2D eigenvalue weighted by atomic mass is 10.0. The smallest absolute Gasteiger partial charge is 0.0105 e. The first-order chi connectivity index (χ1) is 3.85. The zero-order valence-corrected chi connectivity index (χ0v) is 5.43. The van der Waals surface area contributed by atoms with E-state index in [2.05, 4.69) is 20.1 Å². The van der Waals surface area contributed by atoms with Crippen molar-refractivity contribution >= 4 is 0 Å². The van der Waals surface area contributed by atoms with Gasteiger partial charge in [0.05, 0.1) is 0 Å². The molecule has 0 saturated heterocycles. The van der Waals surface area contributed by atoms with E-state index < -0.39 is 0 Å². The maximum Gasteiger partial charge on any atom is -0.0105 e. The van der Waals surface area contributed by atoms with E-state index in [-0.39, 0.29) is 0 Å². The fraction of sp³-hybridized carbons (Fsp3) is 0.375. The Hall–Kier alpha value is -0.520. The predicted molar refractivity (Wildman–Crippen MR) is 38.5 cm³/mol. The number of allylic oxidation sites excluding steroid dienone is 2. The highest BCUT2D eigenvalue weighted by Crippen LogP contribution is 2.06. The number of rotatable bonds is 4. The molecule has 0 aromatic rings. The lowest BCUT2D eigenvalue weighted by Crippen LogP contribution is -1.90. The molecule has 0 rings (SSSR count). The summed E-state index contributed by atoms with van der Waals surface area (Å²) in [6, 6.07) is 0. The van der Waals surface area contributed by atoms with Crippen LogP contribution in [0.3, 0.4) is 0 Å². The van der Waals surface area contributed by atoms with Crippen molar-refractivity contribution in [2.75, 3.05) is 0 Å². The number of hydrogen-bond donors (Lipinski definition) is 0. The first-order valence-electron chi connectivity index (χ1n) is 2.93. The van der Waals surface area contributed by atoms with Crippen LogP contribution in [-0.2, 0) is 0 Å². The van der Waals surface area contributed by atoms with Crippen LogP contribution in [0.4, 0.5) is 0 Å². The highest BCUT2D eigenvalue weighted by atomic mass is 14.0. The van der Waals surface area contributed by atoms with Crippen LogP contribution in [0.15, 0.2) is 25.3 Å². The van der Waals surface area contributed by atoms with Gasteiger partial charge in [-0.15, -0.1) is 13.2 Å². The lowest BCUT2D eigenvalue weighted by Gasteiger charge is -2.01. The SMILES string of the molecule is C=C[CH]C(C=C)CC. The third kappa shape index (κ3) is 2.62. The Balaban J connectivity index is 3.35. The Morgan fingerprint density at radius 3 is 2.25 bits per heavy atom. The minimum atomic E-state index is 0.521. The molecule has 0 N–H and O–H groups in total. The highest BCUT2D eigenvalue weighted by Gasteiger charge is 1.94. The van der Waals surface area contributed by atoms with Crippen LogP contribution in [0.1, 0.15) is 13.3 Å². The van der Waals surface area contributed by atoms with Crippen molar-refractivity contribution in [1.29, 1.82) is 0 Å². The van der Waals surface area contributed by atoms with Gasteiger partial charge < -0.3 is 0 Å². The fourth-order valence-electron chi connectivity index (χ4n) is 0.556. The van der Waals surface area contributed by atoms with E-state index in [0.29, 0.717) is 5.92 Å². The first kappa shape index (κ1) is 7.48. The van der Waals surface area contributed by atoms with E-state index in [1.54, 1.807) is 0 Å². The summed E-state index contributed by atoms with van der Waals surface area (Å²) in [7, 11) is 0. The minimum absolute atomic E-state index is 0.521. The molecule has 0 fully saturated rings. The van der Waals surface area contributed by atoms with Gasteiger partial charge in [-0.25, -0.2) is 0 Å². The van der Waals surface area contributed by atoms with Crippen molar-refractivity contribution in [1.82, 2.24) is 0 Å². The summed E-state index contributed by atoms with van der Waals surface area (Å²) in [5.74, 6) is 0.521. The molecule has 0 saturated carbocycles. The zero-order valence-electron chi connectivity index (χ0n) is 5.43.